The summed E-state index contributed by atoms with van der Waals surface area (Å²) in [4.78, 5) is 0. The largest absolute Gasteiger partial charge is 0.493 e. The Bertz CT molecular complexity index is 302. The summed E-state index contributed by atoms with van der Waals surface area (Å²) in [7, 11) is 0. The highest BCUT2D eigenvalue weighted by molar-refractivity contribution is 5.37. The molecule has 0 spiro atoms. The van der Waals surface area contributed by atoms with Gasteiger partial charge in [0.05, 0.1) is 13.3 Å². The first-order chi connectivity index (χ1) is 7.27. The Morgan fingerprint density at radius 1 is 1.40 bits per heavy atom. The van der Waals surface area contributed by atoms with E-state index in [-0.39, 0.29) is 6.67 Å². The Balaban J connectivity index is 2.67. The molecule has 0 unspecified atom stereocenters. The molecule has 0 aromatic heterocycles. The molecule has 2 nitrogen and oxygen atoms in total. The summed E-state index contributed by atoms with van der Waals surface area (Å²) in [5, 5.41) is 0. The van der Waals surface area contributed by atoms with Gasteiger partial charge in [0, 0.05) is 6.42 Å². The minimum atomic E-state index is -0.335. The summed E-state index contributed by atoms with van der Waals surface area (Å²) in [5.74, 6) is 0.833. The van der Waals surface area contributed by atoms with Crippen molar-refractivity contribution in [2.75, 3.05) is 19.8 Å². The minimum Gasteiger partial charge on any atom is -0.493 e. The van der Waals surface area contributed by atoms with E-state index in [1.807, 2.05) is 19.1 Å². The lowest BCUT2D eigenvalue weighted by atomic mass is 10.1. The monoisotopic (exact) mass is 211 g/mol. The van der Waals surface area contributed by atoms with Crippen LogP contribution in [0.25, 0.3) is 0 Å². The highest BCUT2D eigenvalue weighted by atomic mass is 19.1. The van der Waals surface area contributed by atoms with Crippen LogP contribution in [0.4, 0.5) is 4.39 Å². The molecule has 0 bridgehead atoms. The Morgan fingerprint density at radius 2 is 2.20 bits per heavy atom. The summed E-state index contributed by atoms with van der Waals surface area (Å²) < 4.78 is 17.4. The molecule has 1 aromatic carbocycles. The topological polar surface area (TPSA) is 35.2 Å². The highest BCUT2D eigenvalue weighted by Crippen LogP contribution is 2.20. The van der Waals surface area contributed by atoms with E-state index < -0.39 is 0 Å². The van der Waals surface area contributed by atoms with E-state index in [1.54, 1.807) is 0 Å². The SMILES string of the molecule is Cc1ccc(OCCCF)c(CCN)c1. The number of nitrogens with two attached hydrogens (primary N) is 1. The van der Waals surface area contributed by atoms with Crippen molar-refractivity contribution in [2.45, 2.75) is 19.8 Å². The van der Waals surface area contributed by atoms with Crippen molar-refractivity contribution < 1.29 is 9.13 Å². The van der Waals surface area contributed by atoms with Crippen molar-refractivity contribution in [1.82, 2.24) is 0 Å². The van der Waals surface area contributed by atoms with Crippen LogP contribution in [-0.2, 0) is 6.42 Å². The van der Waals surface area contributed by atoms with Crippen LogP contribution < -0.4 is 10.5 Å². The maximum Gasteiger partial charge on any atom is 0.122 e. The molecule has 0 aliphatic carbocycles. The van der Waals surface area contributed by atoms with E-state index in [4.69, 9.17) is 10.5 Å². The summed E-state index contributed by atoms with van der Waals surface area (Å²) >= 11 is 0. The van der Waals surface area contributed by atoms with E-state index in [9.17, 15) is 4.39 Å². The molecule has 0 amide bonds. The molecule has 1 rings (SSSR count). The molecule has 0 radical (unpaired) electrons. The number of ether oxygens (including phenoxy) is 1. The number of hydrogen-bond donors (Lipinski definition) is 1. The molecule has 15 heavy (non-hydrogen) atoms. The van der Waals surface area contributed by atoms with Gasteiger partial charge in [-0.05, 0) is 31.5 Å². The Hall–Kier alpha value is -1.09. The van der Waals surface area contributed by atoms with E-state index in [1.165, 1.54) is 5.56 Å². The number of aryl methyl sites for hydroxylation is 1. The molecule has 1 aromatic rings. The normalized spacial score (nSPS) is 10.3. The third-order valence-corrected chi connectivity index (χ3v) is 2.17. The summed E-state index contributed by atoms with van der Waals surface area (Å²) in [6, 6.07) is 5.99. The van der Waals surface area contributed by atoms with Gasteiger partial charge in [-0.1, -0.05) is 17.7 Å². The molecule has 0 atom stereocenters. The van der Waals surface area contributed by atoms with Gasteiger partial charge in [0.15, 0.2) is 0 Å². The van der Waals surface area contributed by atoms with Gasteiger partial charge < -0.3 is 10.5 Å². The molecule has 0 aliphatic rings. The van der Waals surface area contributed by atoms with Crippen LogP contribution in [0.15, 0.2) is 18.2 Å². The molecule has 2 N–H and O–H groups in total. The van der Waals surface area contributed by atoms with Crippen molar-refractivity contribution in [2.24, 2.45) is 5.73 Å². The van der Waals surface area contributed by atoms with Gasteiger partial charge in [-0.15, -0.1) is 0 Å². The van der Waals surface area contributed by atoms with Crippen molar-refractivity contribution in [3.05, 3.63) is 29.3 Å². The van der Waals surface area contributed by atoms with Gasteiger partial charge in [0.1, 0.15) is 5.75 Å². The maximum absolute atomic E-state index is 11.9. The summed E-state index contributed by atoms with van der Waals surface area (Å²) in [6.07, 6.45) is 1.24. The minimum absolute atomic E-state index is 0.335. The van der Waals surface area contributed by atoms with Crippen LogP contribution in [0.1, 0.15) is 17.5 Å². The quantitative estimate of drug-likeness (QED) is 0.732. The second kappa shape index (κ2) is 6.40. The molecule has 84 valence electrons. The van der Waals surface area contributed by atoms with Gasteiger partial charge in [-0.3, -0.25) is 4.39 Å². The second-order valence-corrected chi connectivity index (χ2v) is 3.54. The lowest BCUT2D eigenvalue weighted by molar-refractivity contribution is 0.287. The number of halogens is 1. The first-order valence-corrected chi connectivity index (χ1v) is 5.26. The lowest BCUT2D eigenvalue weighted by Crippen LogP contribution is -2.06. The smallest absolute Gasteiger partial charge is 0.122 e. The van der Waals surface area contributed by atoms with E-state index in [0.717, 1.165) is 17.7 Å². The maximum atomic E-state index is 11.9. The van der Waals surface area contributed by atoms with Crippen LogP contribution >= 0.6 is 0 Å². The zero-order valence-corrected chi connectivity index (χ0v) is 9.13. The zero-order valence-electron chi connectivity index (χ0n) is 9.13. The molecule has 0 fully saturated rings. The molecular weight excluding hydrogens is 193 g/mol. The molecule has 0 saturated heterocycles. The van der Waals surface area contributed by atoms with Crippen molar-refractivity contribution in [1.29, 1.82) is 0 Å². The third-order valence-electron chi connectivity index (χ3n) is 2.17. The van der Waals surface area contributed by atoms with E-state index >= 15 is 0 Å². The fraction of sp³-hybridized carbons (Fsp3) is 0.500. The average molecular weight is 211 g/mol. The molecule has 0 heterocycles. The predicted molar refractivity (Wildman–Crippen MR) is 60.0 cm³/mol. The fourth-order valence-corrected chi connectivity index (χ4v) is 1.44. The Morgan fingerprint density at radius 3 is 2.87 bits per heavy atom. The van der Waals surface area contributed by atoms with Crippen molar-refractivity contribution in [3.8, 4) is 5.75 Å². The summed E-state index contributed by atoms with van der Waals surface area (Å²) in [6.45, 7) is 2.73. The van der Waals surface area contributed by atoms with Gasteiger partial charge in [0.2, 0.25) is 0 Å². The number of hydrogen-bond acceptors (Lipinski definition) is 2. The molecule has 0 aliphatic heterocycles. The third kappa shape index (κ3) is 3.88. The van der Waals surface area contributed by atoms with Gasteiger partial charge >= 0.3 is 0 Å². The van der Waals surface area contributed by atoms with Gasteiger partial charge in [-0.2, -0.15) is 0 Å². The number of rotatable bonds is 6. The molecule has 0 saturated carbocycles. The van der Waals surface area contributed by atoms with Crippen molar-refractivity contribution in [3.63, 3.8) is 0 Å². The first-order valence-electron chi connectivity index (χ1n) is 5.26. The average Bonchev–Trinajstić information content (AvgIpc) is 2.22. The standard InChI is InChI=1S/C12H18FNO/c1-10-3-4-12(15-8-2-6-13)11(9-10)5-7-14/h3-4,9H,2,5-8,14H2,1H3. The number of benzene rings is 1. The second-order valence-electron chi connectivity index (χ2n) is 3.54. The first kappa shape index (κ1) is 12.0. The van der Waals surface area contributed by atoms with Crippen LogP contribution in [-0.4, -0.2) is 19.8 Å². The molecule has 3 heteroatoms. The fourth-order valence-electron chi connectivity index (χ4n) is 1.44. The van der Waals surface area contributed by atoms with Crippen molar-refractivity contribution >= 4 is 0 Å². The van der Waals surface area contributed by atoms with Crippen LogP contribution in [0.3, 0.4) is 0 Å². The van der Waals surface area contributed by atoms with Crippen LogP contribution in [0.5, 0.6) is 5.75 Å². The Labute approximate surface area is 90.2 Å². The highest BCUT2D eigenvalue weighted by Gasteiger charge is 2.03. The van der Waals surface area contributed by atoms with Gasteiger partial charge in [-0.25, -0.2) is 0 Å². The van der Waals surface area contributed by atoms with E-state index in [2.05, 4.69) is 6.07 Å². The summed E-state index contributed by atoms with van der Waals surface area (Å²) in [5.41, 5.74) is 7.82. The number of alkyl halides is 1. The van der Waals surface area contributed by atoms with Crippen LogP contribution in [0, 0.1) is 6.92 Å². The molecular formula is C12H18FNO. The van der Waals surface area contributed by atoms with E-state index in [0.29, 0.717) is 19.6 Å². The zero-order chi connectivity index (χ0) is 11.1. The lowest BCUT2D eigenvalue weighted by Gasteiger charge is -2.11. The predicted octanol–water partition coefficient (Wildman–Crippen LogP) is 2.23. The van der Waals surface area contributed by atoms with Gasteiger partial charge in [0.25, 0.3) is 0 Å². The van der Waals surface area contributed by atoms with Crippen LogP contribution in [0.2, 0.25) is 0 Å². The Kier molecular flexibility index (Phi) is 5.12.